The molecular weight excluding hydrogens is 257 g/mol. The summed E-state index contributed by atoms with van der Waals surface area (Å²) in [5.41, 5.74) is -0.288. The third kappa shape index (κ3) is 2.30. The van der Waals surface area contributed by atoms with E-state index in [1.807, 2.05) is 33.8 Å². The maximum absolute atomic E-state index is 11.3. The lowest BCUT2D eigenvalue weighted by molar-refractivity contribution is 0.00578. The molecule has 1 aliphatic heterocycles. The molecule has 1 saturated heterocycles. The average Bonchev–Trinajstić information content (AvgIpc) is 2.57. The highest BCUT2D eigenvalue weighted by molar-refractivity contribution is 6.63. The van der Waals surface area contributed by atoms with E-state index in [1.54, 1.807) is 0 Å². The van der Waals surface area contributed by atoms with Gasteiger partial charge in [0.15, 0.2) is 0 Å². The zero-order valence-corrected chi connectivity index (χ0v) is 11.9. The molecule has 0 aliphatic carbocycles. The van der Waals surface area contributed by atoms with Crippen molar-refractivity contribution in [3.63, 3.8) is 0 Å². The Morgan fingerprint density at radius 1 is 1.25 bits per heavy atom. The van der Waals surface area contributed by atoms with Crippen LogP contribution in [0.25, 0.3) is 0 Å². The number of nitrogens with zero attached hydrogens (tertiary/aromatic N) is 1. The van der Waals surface area contributed by atoms with Crippen molar-refractivity contribution >= 4 is 18.6 Å². The largest absolute Gasteiger partial charge is 0.495 e. The van der Waals surface area contributed by atoms with Gasteiger partial charge in [0, 0.05) is 0 Å². The van der Waals surface area contributed by atoms with Crippen LogP contribution in [0.2, 0.25) is 0 Å². The van der Waals surface area contributed by atoms with Gasteiger partial charge in [-0.2, -0.15) is 5.26 Å². The molecular formula is C14H16BNO4. The lowest BCUT2D eigenvalue weighted by Gasteiger charge is -2.32. The smallest absolute Gasteiger partial charge is 0.478 e. The lowest BCUT2D eigenvalue weighted by atomic mass is 9.75. The summed E-state index contributed by atoms with van der Waals surface area (Å²) in [5.74, 6) is -1.07. The van der Waals surface area contributed by atoms with Crippen molar-refractivity contribution in [1.29, 1.82) is 5.26 Å². The normalized spacial score (nSPS) is 19.6. The van der Waals surface area contributed by atoms with Crippen LogP contribution in [0.15, 0.2) is 18.2 Å². The van der Waals surface area contributed by atoms with E-state index >= 15 is 0 Å². The Labute approximate surface area is 118 Å². The van der Waals surface area contributed by atoms with Gasteiger partial charge in [0.2, 0.25) is 0 Å². The number of nitriles is 1. The zero-order valence-electron chi connectivity index (χ0n) is 11.9. The van der Waals surface area contributed by atoms with E-state index in [2.05, 4.69) is 0 Å². The van der Waals surface area contributed by atoms with Crippen molar-refractivity contribution in [3.8, 4) is 6.07 Å². The van der Waals surface area contributed by atoms with Crippen LogP contribution in [0.4, 0.5) is 0 Å². The highest BCUT2D eigenvalue weighted by atomic mass is 16.7. The fourth-order valence-corrected chi connectivity index (χ4v) is 1.99. The van der Waals surface area contributed by atoms with Gasteiger partial charge in [-0.1, -0.05) is 0 Å². The zero-order chi connectivity index (χ0) is 15.1. The molecule has 0 unspecified atom stereocenters. The molecule has 1 heterocycles. The Hall–Kier alpha value is -1.84. The SMILES string of the molecule is CC1(C)OB(c2cc(C#N)ccc2C(=O)O)OC1(C)C. The molecule has 6 heteroatoms. The molecule has 0 bridgehead atoms. The predicted molar refractivity (Wildman–Crippen MR) is 73.8 cm³/mol. The fourth-order valence-electron chi connectivity index (χ4n) is 1.99. The number of carboxylic acids is 1. The topological polar surface area (TPSA) is 79.5 Å². The third-order valence-corrected chi connectivity index (χ3v) is 3.92. The van der Waals surface area contributed by atoms with E-state index in [-0.39, 0.29) is 5.56 Å². The maximum Gasteiger partial charge on any atom is 0.495 e. The molecule has 1 fully saturated rings. The number of rotatable bonds is 2. The van der Waals surface area contributed by atoms with Crippen LogP contribution < -0.4 is 5.46 Å². The van der Waals surface area contributed by atoms with Gasteiger partial charge in [-0.15, -0.1) is 0 Å². The molecule has 20 heavy (non-hydrogen) atoms. The number of aromatic carboxylic acids is 1. The molecule has 104 valence electrons. The molecule has 0 amide bonds. The monoisotopic (exact) mass is 273 g/mol. The molecule has 0 radical (unpaired) electrons. The van der Waals surface area contributed by atoms with Crippen LogP contribution in [0.3, 0.4) is 0 Å². The van der Waals surface area contributed by atoms with Crippen LogP contribution in [0, 0.1) is 11.3 Å². The summed E-state index contributed by atoms with van der Waals surface area (Å²) < 4.78 is 11.7. The van der Waals surface area contributed by atoms with Crippen molar-refractivity contribution in [2.24, 2.45) is 0 Å². The molecule has 0 atom stereocenters. The van der Waals surface area contributed by atoms with Gasteiger partial charge in [-0.25, -0.2) is 4.79 Å². The van der Waals surface area contributed by atoms with Gasteiger partial charge < -0.3 is 14.4 Å². The number of benzene rings is 1. The summed E-state index contributed by atoms with van der Waals surface area (Å²) in [6.07, 6.45) is 0. The van der Waals surface area contributed by atoms with Gasteiger partial charge in [0.1, 0.15) is 0 Å². The number of hydrogen-bond donors (Lipinski definition) is 1. The molecule has 1 N–H and O–H groups in total. The summed E-state index contributed by atoms with van der Waals surface area (Å²) in [6.45, 7) is 7.56. The average molecular weight is 273 g/mol. The summed E-state index contributed by atoms with van der Waals surface area (Å²) in [5, 5.41) is 18.2. The Morgan fingerprint density at radius 3 is 2.25 bits per heavy atom. The number of carboxylic acid groups (broad SMARTS) is 1. The van der Waals surface area contributed by atoms with Gasteiger partial charge in [-0.05, 0) is 51.4 Å². The minimum absolute atomic E-state index is 0.0856. The van der Waals surface area contributed by atoms with Crippen molar-refractivity contribution in [1.82, 2.24) is 0 Å². The van der Waals surface area contributed by atoms with E-state index in [4.69, 9.17) is 14.6 Å². The van der Waals surface area contributed by atoms with Crippen molar-refractivity contribution in [2.45, 2.75) is 38.9 Å². The summed E-state index contributed by atoms with van der Waals surface area (Å²) in [7, 11) is -0.792. The maximum atomic E-state index is 11.3. The first-order valence-corrected chi connectivity index (χ1v) is 6.31. The van der Waals surface area contributed by atoms with E-state index in [1.165, 1.54) is 18.2 Å². The standard InChI is InChI=1S/C14H16BNO4/c1-13(2)14(3,4)20-15(19-13)11-7-9(8-16)5-6-10(11)12(17)18/h5-7H,1-4H3,(H,17,18). The second kappa shape index (κ2) is 4.62. The Morgan fingerprint density at radius 2 is 1.80 bits per heavy atom. The second-order valence-corrected chi connectivity index (χ2v) is 5.81. The Bertz CT molecular complexity index is 588. The summed E-state index contributed by atoms with van der Waals surface area (Å²) >= 11 is 0. The summed E-state index contributed by atoms with van der Waals surface area (Å²) in [4.78, 5) is 11.3. The number of hydrogen-bond acceptors (Lipinski definition) is 4. The summed E-state index contributed by atoms with van der Waals surface area (Å²) in [6, 6.07) is 6.37. The first kappa shape index (κ1) is 14.6. The second-order valence-electron chi connectivity index (χ2n) is 5.81. The Balaban J connectivity index is 2.48. The molecule has 2 rings (SSSR count). The van der Waals surface area contributed by atoms with Crippen molar-refractivity contribution < 1.29 is 19.2 Å². The molecule has 1 aromatic rings. The fraction of sp³-hybridized carbons (Fsp3) is 0.429. The van der Waals surface area contributed by atoms with Crippen LogP contribution in [0.1, 0.15) is 43.6 Å². The van der Waals surface area contributed by atoms with Crippen LogP contribution in [-0.4, -0.2) is 29.4 Å². The molecule has 0 saturated carbocycles. The van der Waals surface area contributed by atoms with E-state index in [9.17, 15) is 9.90 Å². The van der Waals surface area contributed by atoms with Gasteiger partial charge in [0.25, 0.3) is 0 Å². The van der Waals surface area contributed by atoms with Gasteiger partial charge in [0.05, 0.1) is 28.4 Å². The van der Waals surface area contributed by atoms with E-state index in [0.29, 0.717) is 11.0 Å². The minimum atomic E-state index is -1.07. The molecule has 0 aromatic heterocycles. The van der Waals surface area contributed by atoms with Gasteiger partial charge in [-0.3, -0.25) is 0 Å². The quantitative estimate of drug-likeness (QED) is 0.827. The molecule has 0 spiro atoms. The lowest BCUT2D eigenvalue weighted by Crippen LogP contribution is -2.41. The van der Waals surface area contributed by atoms with E-state index in [0.717, 1.165) is 0 Å². The first-order valence-electron chi connectivity index (χ1n) is 6.31. The van der Waals surface area contributed by atoms with E-state index < -0.39 is 24.3 Å². The highest BCUT2D eigenvalue weighted by Crippen LogP contribution is 2.36. The Kier molecular flexibility index (Phi) is 3.36. The molecule has 1 aliphatic rings. The van der Waals surface area contributed by atoms with Crippen LogP contribution in [0.5, 0.6) is 0 Å². The minimum Gasteiger partial charge on any atom is -0.478 e. The predicted octanol–water partition coefficient (Wildman–Crippen LogP) is 1.56. The van der Waals surface area contributed by atoms with Crippen LogP contribution in [-0.2, 0) is 9.31 Å². The first-order chi connectivity index (χ1) is 9.18. The number of carbonyl (C=O) groups is 1. The van der Waals surface area contributed by atoms with Crippen molar-refractivity contribution in [2.75, 3.05) is 0 Å². The van der Waals surface area contributed by atoms with Gasteiger partial charge >= 0.3 is 13.1 Å². The highest BCUT2D eigenvalue weighted by Gasteiger charge is 2.52. The van der Waals surface area contributed by atoms with Crippen molar-refractivity contribution in [3.05, 3.63) is 29.3 Å². The molecule has 5 nitrogen and oxygen atoms in total. The molecule has 1 aromatic carbocycles. The third-order valence-electron chi connectivity index (χ3n) is 3.92. The van der Waals surface area contributed by atoms with Crippen LogP contribution >= 0.6 is 0 Å².